The molecule has 2 aliphatic rings. The van der Waals surface area contributed by atoms with Crippen LogP contribution in [0.15, 0.2) is 12.4 Å². The molecule has 0 aromatic carbocycles. The van der Waals surface area contributed by atoms with Gasteiger partial charge in [0, 0.05) is 25.5 Å². The molecule has 2 bridgehead atoms. The van der Waals surface area contributed by atoms with E-state index in [-0.39, 0.29) is 0 Å². The molecule has 0 saturated carbocycles. The largest absolute Gasteiger partial charge is 0.476 e. The van der Waals surface area contributed by atoms with E-state index in [1.165, 1.54) is 19.3 Å². The zero-order chi connectivity index (χ0) is 14.7. The first-order valence-electron chi connectivity index (χ1n) is 8.09. The van der Waals surface area contributed by atoms with Crippen molar-refractivity contribution in [3.8, 4) is 5.88 Å². The Bertz CT molecular complexity index is 484. The summed E-state index contributed by atoms with van der Waals surface area (Å²) in [5.74, 6) is 1.11. The van der Waals surface area contributed by atoms with E-state index in [0.29, 0.717) is 18.4 Å². The molecule has 3 heterocycles. The molecule has 0 amide bonds. The van der Waals surface area contributed by atoms with Crippen LogP contribution in [-0.4, -0.2) is 41.1 Å². The summed E-state index contributed by atoms with van der Waals surface area (Å²) in [5.41, 5.74) is 0.842. The third-order valence-electron chi connectivity index (χ3n) is 4.67. The Kier molecular flexibility index (Phi) is 4.65. The summed E-state index contributed by atoms with van der Waals surface area (Å²) in [7, 11) is 0. The fourth-order valence-electron chi connectivity index (χ4n) is 3.49. The minimum atomic E-state index is -0.411. The van der Waals surface area contributed by atoms with E-state index in [0.717, 1.165) is 38.2 Å². The molecule has 2 saturated heterocycles. The minimum absolute atomic E-state index is 0.411. The van der Waals surface area contributed by atoms with E-state index in [2.05, 4.69) is 21.8 Å². The summed E-state index contributed by atoms with van der Waals surface area (Å²) in [5, 5.41) is 0. The Morgan fingerprint density at radius 2 is 2.19 bits per heavy atom. The van der Waals surface area contributed by atoms with Crippen LogP contribution in [0.25, 0.3) is 0 Å². The van der Waals surface area contributed by atoms with Gasteiger partial charge >= 0.3 is 0 Å². The lowest BCUT2D eigenvalue weighted by Gasteiger charge is -2.31. The van der Waals surface area contributed by atoms with E-state index in [1.54, 1.807) is 12.4 Å². The maximum absolute atomic E-state index is 6.94. The number of aromatic nitrogens is 2. The SMILES string of the molecule is CCCCCCOc1nccnc1[C@]1(Cl)CN2CC[C@H]1C2. The minimum Gasteiger partial charge on any atom is -0.476 e. The number of ether oxygens (including phenoxy) is 1. The van der Waals surface area contributed by atoms with Crippen LogP contribution in [0.5, 0.6) is 5.88 Å². The van der Waals surface area contributed by atoms with Gasteiger partial charge in [-0.05, 0) is 25.3 Å². The first kappa shape index (κ1) is 15.0. The molecule has 2 aliphatic heterocycles. The van der Waals surface area contributed by atoms with Gasteiger partial charge in [0.1, 0.15) is 10.6 Å². The number of hydrogen-bond donors (Lipinski definition) is 0. The van der Waals surface area contributed by atoms with Crippen molar-refractivity contribution in [1.82, 2.24) is 14.9 Å². The van der Waals surface area contributed by atoms with Gasteiger partial charge in [-0.25, -0.2) is 4.98 Å². The van der Waals surface area contributed by atoms with Crippen LogP contribution in [-0.2, 0) is 4.87 Å². The molecular weight excluding hydrogens is 286 g/mol. The molecule has 1 aromatic rings. The lowest BCUT2D eigenvalue weighted by molar-refractivity contribution is 0.271. The molecule has 1 aromatic heterocycles. The Labute approximate surface area is 131 Å². The molecule has 5 heteroatoms. The molecule has 21 heavy (non-hydrogen) atoms. The lowest BCUT2D eigenvalue weighted by Crippen LogP contribution is -2.36. The van der Waals surface area contributed by atoms with Gasteiger partial charge in [0.25, 0.3) is 0 Å². The quantitative estimate of drug-likeness (QED) is 0.572. The summed E-state index contributed by atoms with van der Waals surface area (Å²) < 4.78 is 5.89. The van der Waals surface area contributed by atoms with Crippen molar-refractivity contribution in [2.24, 2.45) is 5.92 Å². The highest BCUT2D eigenvalue weighted by atomic mass is 35.5. The third-order valence-corrected chi connectivity index (χ3v) is 5.28. The summed E-state index contributed by atoms with van der Waals surface area (Å²) >= 11 is 6.94. The average Bonchev–Trinajstić information content (AvgIpc) is 3.08. The number of fused-ring (bicyclic) bond motifs is 2. The van der Waals surface area contributed by atoms with Crippen molar-refractivity contribution in [3.63, 3.8) is 0 Å². The van der Waals surface area contributed by atoms with Crippen LogP contribution >= 0.6 is 11.6 Å². The molecule has 116 valence electrons. The predicted octanol–water partition coefficient (Wildman–Crippen LogP) is 3.21. The van der Waals surface area contributed by atoms with E-state index >= 15 is 0 Å². The molecular formula is C16H24ClN3O. The van der Waals surface area contributed by atoms with Gasteiger partial charge in [-0.2, -0.15) is 0 Å². The van der Waals surface area contributed by atoms with Gasteiger partial charge in [0.15, 0.2) is 0 Å². The van der Waals surface area contributed by atoms with Gasteiger partial charge in [-0.3, -0.25) is 4.98 Å². The zero-order valence-electron chi connectivity index (χ0n) is 12.7. The molecule has 0 radical (unpaired) electrons. The van der Waals surface area contributed by atoms with Gasteiger partial charge < -0.3 is 9.64 Å². The highest BCUT2D eigenvalue weighted by molar-refractivity contribution is 6.24. The van der Waals surface area contributed by atoms with Gasteiger partial charge in [0.2, 0.25) is 5.88 Å². The number of hydrogen-bond acceptors (Lipinski definition) is 4. The fraction of sp³-hybridized carbons (Fsp3) is 0.750. The van der Waals surface area contributed by atoms with E-state index < -0.39 is 4.87 Å². The molecule has 0 N–H and O–H groups in total. The summed E-state index contributed by atoms with van der Waals surface area (Å²) in [4.78, 5) is 10.9. The molecule has 4 nitrogen and oxygen atoms in total. The summed E-state index contributed by atoms with van der Waals surface area (Å²) in [6, 6.07) is 0. The number of halogens is 1. The monoisotopic (exact) mass is 309 g/mol. The predicted molar refractivity (Wildman–Crippen MR) is 83.7 cm³/mol. The second kappa shape index (κ2) is 6.49. The first-order chi connectivity index (χ1) is 10.2. The van der Waals surface area contributed by atoms with Crippen LogP contribution in [0.4, 0.5) is 0 Å². The Morgan fingerprint density at radius 1 is 1.33 bits per heavy atom. The number of rotatable bonds is 7. The van der Waals surface area contributed by atoms with E-state index in [9.17, 15) is 0 Å². The lowest BCUT2D eigenvalue weighted by atomic mass is 9.88. The summed E-state index contributed by atoms with van der Waals surface area (Å²) in [6.45, 7) is 6.02. The number of nitrogens with zero attached hydrogens (tertiary/aromatic N) is 3. The van der Waals surface area contributed by atoms with Crippen LogP contribution in [0, 0.1) is 5.92 Å². The number of unbranched alkanes of at least 4 members (excludes halogenated alkanes) is 3. The van der Waals surface area contributed by atoms with Crippen LogP contribution < -0.4 is 4.74 Å². The van der Waals surface area contributed by atoms with Crippen molar-refractivity contribution >= 4 is 11.6 Å². The normalized spacial score (nSPS) is 30.8. The van der Waals surface area contributed by atoms with Crippen LogP contribution in [0.2, 0.25) is 0 Å². The van der Waals surface area contributed by atoms with Crippen LogP contribution in [0.1, 0.15) is 44.7 Å². The molecule has 3 rings (SSSR count). The Balaban J connectivity index is 1.68. The summed E-state index contributed by atoms with van der Waals surface area (Å²) in [6.07, 6.45) is 9.33. The molecule has 0 aliphatic carbocycles. The van der Waals surface area contributed by atoms with Gasteiger partial charge in [-0.1, -0.05) is 26.2 Å². The third kappa shape index (κ3) is 3.02. The average molecular weight is 310 g/mol. The van der Waals surface area contributed by atoms with Crippen molar-refractivity contribution in [1.29, 1.82) is 0 Å². The first-order valence-corrected chi connectivity index (χ1v) is 8.47. The van der Waals surface area contributed by atoms with Crippen molar-refractivity contribution in [2.45, 2.75) is 43.9 Å². The standard InChI is InChI=1S/C16H24ClN3O/c1-2-3-4-5-10-21-15-14(18-7-8-19-15)16(17)12-20-9-6-13(16)11-20/h7-8,13H,2-6,9-12H2,1H3/t13-,16-/m0/s1. The molecule has 3 atom stereocenters. The number of piperidine rings is 1. The maximum atomic E-state index is 6.94. The van der Waals surface area contributed by atoms with E-state index in [1.807, 2.05) is 0 Å². The number of alkyl halides is 1. The maximum Gasteiger partial charge on any atom is 0.237 e. The second-order valence-corrected chi connectivity index (χ2v) is 6.88. The van der Waals surface area contributed by atoms with Crippen molar-refractivity contribution in [3.05, 3.63) is 18.1 Å². The second-order valence-electron chi connectivity index (χ2n) is 6.20. The topological polar surface area (TPSA) is 38.3 Å². The fourth-order valence-corrected chi connectivity index (χ4v) is 3.96. The van der Waals surface area contributed by atoms with Crippen LogP contribution in [0.3, 0.4) is 0 Å². The molecule has 1 unspecified atom stereocenters. The van der Waals surface area contributed by atoms with E-state index in [4.69, 9.17) is 16.3 Å². The van der Waals surface area contributed by atoms with Gasteiger partial charge in [-0.15, -0.1) is 11.6 Å². The highest BCUT2D eigenvalue weighted by Crippen LogP contribution is 2.49. The van der Waals surface area contributed by atoms with Crippen molar-refractivity contribution in [2.75, 3.05) is 26.2 Å². The Hall–Kier alpha value is -0.870. The highest BCUT2D eigenvalue weighted by Gasteiger charge is 2.52. The Morgan fingerprint density at radius 3 is 2.90 bits per heavy atom. The molecule has 2 fully saturated rings. The molecule has 0 spiro atoms. The van der Waals surface area contributed by atoms with Crippen molar-refractivity contribution < 1.29 is 4.74 Å². The van der Waals surface area contributed by atoms with Gasteiger partial charge in [0.05, 0.1) is 6.61 Å². The zero-order valence-corrected chi connectivity index (χ0v) is 13.5. The smallest absolute Gasteiger partial charge is 0.237 e.